The van der Waals surface area contributed by atoms with Crippen LogP contribution in [0, 0.1) is 0 Å². The first-order valence-electron chi connectivity index (χ1n) is 7.04. The van der Waals surface area contributed by atoms with Crippen molar-refractivity contribution < 1.29 is 28.7 Å². The molecule has 0 N–H and O–H groups in total. The molecule has 0 saturated heterocycles. The first kappa shape index (κ1) is 20.1. The summed E-state index contributed by atoms with van der Waals surface area (Å²) in [5.74, 6) is -0.757. The second-order valence-corrected chi connectivity index (χ2v) is 6.79. The van der Waals surface area contributed by atoms with Gasteiger partial charge in [-0.3, -0.25) is 4.79 Å². The van der Waals surface area contributed by atoms with Crippen LogP contribution >= 0.6 is 0 Å². The monoisotopic (exact) mass is 315 g/mol. The number of rotatable bonds is 6. The molecule has 7 heteroatoms. The number of nitrogens with zero attached hydrogens (tertiary/aromatic N) is 1. The summed E-state index contributed by atoms with van der Waals surface area (Å²) in [6, 6.07) is -1.20. The van der Waals surface area contributed by atoms with Gasteiger partial charge in [-0.2, -0.15) is 0 Å². The van der Waals surface area contributed by atoms with E-state index in [1.165, 1.54) is 0 Å². The molecular formula is C15H25NO6. The van der Waals surface area contributed by atoms with Gasteiger partial charge in [0, 0.05) is 6.42 Å². The van der Waals surface area contributed by atoms with Gasteiger partial charge in [0.05, 0.1) is 0 Å². The molecule has 0 aromatic rings. The molecular weight excluding hydrogens is 290 g/mol. The molecule has 0 radical (unpaired) electrons. The zero-order valence-electron chi connectivity index (χ0n) is 14.0. The van der Waals surface area contributed by atoms with Crippen LogP contribution in [0.15, 0.2) is 0 Å². The lowest BCUT2D eigenvalue weighted by atomic mass is 10.1. The van der Waals surface area contributed by atoms with Crippen LogP contribution < -0.4 is 0 Å². The van der Waals surface area contributed by atoms with E-state index in [2.05, 4.69) is 0 Å². The lowest BCUT2D eigenvalue weighted by Crippen LogP contribution is -2.48. The Bertz CT molecular complexity index is 419. The minimum Gasteiger partial charge on any atom is -0.458 e. The van der Waals surface area contributed by atoms with Crippen molar-refractivity contribution in [3.05, 3.63) is 0 Å². The van der Waals surface area contributed by atoms with Crippen LogP contribution in [0.5, 0.6) is 0 Å². The van der Waals surface area contributed by atoms with Crippen molar-refractivity contribution in [1.29, 1.82) is 0 Å². The van der Waals surface area contributed by atoms with Gasteiger partial charge in [-0.05, 0) is 48.0 Å². The van der Waals surface area contributed by atoms with Crippen LogP contribution in [-0.4, -0.2) is 46.9 Å². The topological polar surface area (TPSA) is 90.0 Å². The number of amides is 2. The maximum atomic E-state index is 12.2. The van der Waals surface area contributed by atoms with Crippen molar-refractivity contribution in [3.8, 4) is 0 Å². The number of aldehydes is 1. The number of hydrogen-bond acceptors (Lipinski definition) is 6. The molecule has 0 heterocycles. The van der Waals surface area contributed by atoms with Crippen molar-refractivity contribution >= 4 is 24.8 Å². The first-order valence-corrected chi connectivity index (χ1v) is 7.04. The van der Waals surface area contributed by atoms with E-state index in [1.807, 2.05) is 0 Å². The van der Waals surface area contributed by atoms with Gasteiger partial charge in [-0.1, -0.05) is 0 Å². The normalized spacial score (nSPS) is 13.0. The molecule has 0 aliphatic carbocycles. The third kappa shape index (κ3) is 7.75. The Balaban J connectivity index is 5.26. The third-order valence-corrected chi connectivity index (χ3v) is 2.29. The molecule has 126 valence electrons. The summed E-state index contributed by atoms with van der Waals surface area (Å²) in [6.45, 7) is 9.92. The van der Waals surface area contributed by atoms with E-state index in [4.69, 9.17) is 9.47 Å². The molecule has 0 spiro atoms. The Morgan fingerprint density at radius 2 is 1.50 bits per heavy atom. The molecule has 0 aromatic carbocycles. The lowest BCUT2D eigenvalue weighted by molar-refractivity contribution is -0.162. The van der Waals surface area contributed by atoms with E-state index in [0.717, 1.165) is 0 Å². The fourth-order valence-electron chi connectivity index (χ4n) is 1.52. The molecule has 1 atom stereocenters. The third-order valence-electron chi connectivity index (χ3n) is 2.29. The van der Waals surface area contributed by atoms with Gasteiger partial charge in [-0.25, -0.2) is 14.5 Å². The average molecular weight is 315 g/mol. The smallest absolute Gasteiger partial charge is 0.417 e. The summed E-state index contributed by atoms with van der Waals surface area (Å²) in [4.78, 5) is 46.6. The Hall–Kier alpha value is -1.92. The average Bonchev–Trinajstić information content (AvgIpc) is 2.29. The molecule has 7 nitrogen and oxygen atoms in total. The quantitative estimate of drug-likeness (QED) is 0.550. The maximum absolute atomic E-state index is 12.2. The van der Waals surface area contributed by atoms with Gasteiger partial charge < -0.3 is 14.3 Å². The minimum absolute atomic E-state index is 0.0110. The molecule has 0 aliphatic heterocycles. The highest BCUT2D eigenvalue weighted by Gasteiger charge is 2.35. The second-order valence-electron chi connectivity index (χ2n) is 6.79. The van der Waals surface area contributed by atoms with Crippen molar-refractivity contribution in [2.75, 3.05) is 0 Å². The molecule has 0 fully saturated rings. The van der Waals surface area contributed by atoms with E-state index in [0.29, 0.717) is 11.2 Å². The van der Waals surface area contributed by atoms with Crippen LogP contribution in [0.1, 0.15) is 54.4 Å². The highest BCUT2D eigenvalue weighted by molar-refractivity contribution is 5.89. The standard InChI is InChI=1S/C15H25NO6/c1-14(2,3)21-12(19)11(8-7-9-17)16(10-18)13(20)22-15(4,5)6/h9-11H,7-8H2,1-6H3/t11-/m0/s1. The summed E-state index contributed by atoms with van der Waals surface area (Å²) in [6.07, 6.45) is -0.139. The SMILES string of the molecule is CC(C)(C)OC(=O)[C@H](CCC=O)N(C=O)C(=O)OC(C)(C)C. The highest BCUT2D eigenvalue weighted by Crippen LogP contribution is 2.17. The van der Waals surface area contributed by atoms with Gasteiger partial charge in [0.2, 0.25) is 6.41 Å². The van der Waals surface area contributed by atoms with Crippen LogP contribution in [0.3, 0.4) is 0 Å². The van der Waals surface area contributed by atoms with Crippen molar-refractivity contribution in [1.82, 2.24) is 4.90 Å². The Labute approximate surface area is 130 Å². The van der Waals surface area contributed by atoms with Crippen LogP contribution in [0.4, 0.5) is 4.79 Å². The number of carbonyl (C=O) groups excluding carboxylic acids is 4. The summed E-state index contributed by atoms with van der Waals surface area (Å²) in [7, 11) is 0. The molecule has 0 aliphatic rings. The number of ether oxygens (including phenoxy) is 2. The Kier molecular flexibility index (Phi) is 7.22. The number of imide groups is 1. The Morgan fingerprint density at radius 3 is 1.86 bits per heavy atom. The lowest BCUT2D eigenvalue weighted by Gasteiger charge is -2.30. The number of carbonyl (C=O) groups is 4. The van der Waals surface area contributed by atoms with Crippen molar-refractivity contribution in [2.45, 2.75) is 71.6 Å². The largest absolute Gasteiger partial charge is 0.458 e. The van der Waals surface area contributed by atoms with Gasteiger partial charge in [0.1, 0.15) is 23.5 Å². The fourth-order valence-corrected chi connectivity index (χ4v) is 1.52. The van der Waals surface area contributed by atoms with E-state index >= 15 is 0 Å². The Morgan fingerprint density at radius 1 is 1.00 bits per heavy atom. The molecule has 0 bridgehead atoms. The predicted molar refractivity (Wildman–Crippen MR) is 79.1 cm³/mol. The number of esters is 1. The molecule has 2 amide bonds. The first-order chi connectivity index (χ1) is 9.91. The molecule has 0 rings (SSSR count). The van der Waals surface area contributed by atoms with Gasteiger partial charge >= 0.3 is 12.1 Å². The van der Waals surface area contributed by atoms with E-state index in [9.17, 15) is 19.2 Å². The molecule has 0 unspecified atom stereocenters. The van der Waals surface area contributed by atoms with Gasteiger partial charge in [0.15, 0.2) is 0 Å². The predicted octanol–water partition coefficient (Wildman–Crippen LogP) is 2.07. The second kappa shape index (κ2) is 7.91. The molecule has 0 aromatic heterocycles. The highest BCUT2D eigenvalue weighted by atomic mass is 16.6. The molecule has 22 heavy (non-hydrogen) atoms. The molecule has 0 saturated carbocycles. The maximum Gasteiger partial charge on any atom is 0.417 e. The van der Waals surface area contributed by atoms with Gasteiger partial charge in [-0.15, -0.1) is 0 Å². The number of hydrogen-bond donors (Lipinski definition) is 0. The van der Waals surface area contributed by atoms with Crippen LogP contribution in [0.25, 0.3) is 0 Å². The van der Waals surface area contributed by atoms with E-state index < -0.39 is 29.3 Å². The van der Waals surface area contributed by atoms with Gasteiger partial charge in [0.25, 0.3) is 0 Å². The van der Waals surface area contributed by atoms with Crippen molar-refractivity contribution in [2.24, 2.45) is 0 Å². The summed E-state index contributed by atoms with van der Waals surface area (Å²) < 4.78 is 10.3. The summed E-state index contributed by atoms with van der Waals surface area (Å²) >= 11 is 0. The summed E-state index contributed by atoms with van der Waals surface area (Å²) in [5.41, 5.74) is -1.60. The van der Waals surface area contributed by atoms with Crippen LogP contribution in [-0.2, 0) is 23.9 Å². The zero-order chi connectivity index (χ0) is 17.6. The zero-order valence-corrected chi connectivity index (χ0v) is 14.0. The van der Waals surface area contributed by atoms with E-state index in [1.54, 1.807) is 41.5 Å². The summed E-state index contributed by atoms with van der Waals surface area (Å²) in [5, 5.41) is 0. The minimum atomic E-state index is -1.20. The van der Waals surface area contributed by atoms with Crippen molar-refractivity contribution in [3.63, 3.8) is 0 Å². The fraction of sp³-hybridized carbons (Fsp3) is 0.733. The van der Waals surface area contributed by atoms with E-state index in [-0.39, 0.29) is 19.3 Å². The van der Waals surface area contributed by atoms with Crippen LogP contribution in [0.2, 0.25) is 0 Å².